The number of carbonyl (C=O) groups excluding carboxylic acids is 1. The molecule has 1 amide bonds. The van der Waals surface area contributed by atoms with Crippen LogP contribution in [0.15, 0.2) is 30.3 Å². The first-order chi connectivity index (χ1) is 12.5. The number of hydrogen-bond donors (Lipinski definition) is 1. The summed E-state index contributed by atoms with van der Waals surface area (Å²) >= 11 is 6.04. The van der Waals surface area contributed by atoms with Crippen LogP contribution in [-0.4, -0.2) is 28.3 Å². The molecule has 1 aliphatic rings. The van der Waals surface area contributed by atoms with Crippen LogP contribution in [-0.2, 0) is 0 Å². The second kappa shape index (κ2) is 8.15. The van der Waals surface area contributed by atoms with Crippen LogP contribution in [0.4, 0.5) is 5.69 Å². The van der Waals surface area contributed by atoms with Gasteiger partial charge in [-0.3, -0.25) is 4.79 Å². The maximum atomic E-state index is 12.2. The zero-order valence-electron chi connectivity index (χ0n) is 14.4. The van der Waals surface area contributed by atoms with E-state index in [0.29, 0.717) is 22.2 Å². The molecular weight excluding hydrogens is 352 g/mol. The lowest BCUT2D eigenvalue weighted by Gasteiger charge is -2.29. The van der Waals surface area contributed by atoms with Crippen molar-refractivity contribution in [3.8, 4) is 5.75 Å². The topological polar surface area (TPSA) is 68.5 Å². The van der Waals surface area contributed by atoms with Crippen molar-refractivity contribution in [1.82, 2.24) is 15.5 Å². The predicted octanol–water partition coefficient (Wildman–Crippen LogP) is 4.11. The van der Waals surface area contributed by atoms with Crippen molar-refractivity contribution < 1.29 is 9.53 Å². The lowest BCUT2D eigenvalue weighted by molar-refractivity contribution is 0.0888. The Morgan fingerprint density at radius 1 is 1.23 bits per heavy atom. The smallest absolute Gasteiger partial charge is 0.272 e. The van der Waals surface area contributed by atoms with Crippen LogP contribution < -0.4 is 10.1 Å². The molecule has 1 heterocycles. The standard InChI is InChI=1S/C19H19ClN4O2/c1-12-3-9-18(24-23-12)19(25)22-13-4-6-14(7-5-13)26-15-8-10-17(21-2)16(20)11-15/h3,8-11,13-14H,4-7H2,1H3,(H,22,25). The molecule has 134 valence electrons. The van der Waals surface area contributed by atoms with Gasteiger partial charge >= 0.3 is 0 Å². The van der Waals surface area contributed by atoms with Gasteiger partial charge < -0.3 is 10.1 Å². The molecule has 0 unspecified atom stereocenters. The van der Waals surface area contributed by atoms with Crippen molar-refractivity contribution in [2.24, 2.45) is 0 Å². The van der Waals surface area contributed by atoms with E-state index in [-0.39, 0.29) is 18.1 Å². The fraction of sp³-hybridized carbons (Fsp3) is 0.368. The minimum Gasteiger partial charge on any atom is -0.490 e. The number of rotatable bonds is 4. The molecular formula is C19H19ClN4O2. The third-order valence-electron chi connectivity index (χ3n) is 4.38. The minimum atomic E-state index is -0.191. The first kappa shape index (κ1) is 18.2. The van der Waals surface area contributed by atoms with E-state index in [9.17, 15) is 4.79 Å². The van der Waals surface area contributed by atoms with Gasteiger partial charge in [-0.2, -0.15) is 5.10 Å². The number of aryl methyl sites for hydroxylation is 1. The summed E-state index contributed by atoms with van der Waals surface area (Å²) in [5.41, 5.74) is 1.54. The van der Waals surface area contributed by atoms with Gasteiger partial charge in [-0.05, 0) is 56.9 Å². The fourth-order valence-electron chi connectivity index (χ4n) is 2.95. The van der Waals surface area contributed by atoms with Gasteiger partial charge in [0.25, 0.3) is 5.91 Å². The van der Waals surface area contributed by atoms with Crippen LogP contribution >= 0.6 is 11.6 Å². The third kappa shape index (κ3) is 4.50. The third-order valence-corrected chi connectivity index (χ3v) is 4.69. The molecule has 1 aromatic heterocycles. The Hall–Kier alpha value is -2.65. The summed E-state index contributed by atoms with van der Waals surface area (Å²) in [5.74, 6) is 0.480. The maximum Gasteiger partial charge on any atom is 0.272 e. The second-order valence-corrected chi connectivity index (χ2v) is 6.76. The lowest BCUT2D eigenvalue weighted by atomic mass is 9.93. The Balaban J connectivity index is 1.49. The monoisotopic (exact) mass is 370 g/mol. The summed E-state index contributed by atoms with van der Waals surface area (Å²) in [6, 6.07) is 8.68. The van der Waals surface area contributed by atoms with Crippen LogP contribution in [0.25, 0.3) is 4.85 Å². The first-order valence-corrected chi connectivity index (χ1v) is 8.88. The number of nitrogens with one attached hydrogen (secondary N) is 1. The van der Waals surface area contributed by atoms with Crippen molar-refractivity contribution in [1.29, 1.82) is 0 Å². The molecule has 26 heavy (non-hydrogen) atoms. The number of hydrogen-bond acceptors (Lipinski definition) is 4. The molecule has 1 N–H and O–H groups in total. The first-order valence-electron chi connectivity index (χ1n) is 8.50. The summed E-state index contributed by atoms with van der Waals surface area (Å²) in [7, 11) is 0. The van der Waals surface area contributed by atoms with Crippen LogP contribution in [0, 0.1) is 13.5 Å². The number of carbonyl (C=O) groups is 1. The maximum absolute atomic E-state index is 12.2. The highest BCUT2D eigenvalue weighted by Crippen LogP contribution is 2.31. The van der Waals surface area contributed by atoms with Gasteiger partial charge in [-0.25, -0.2) is 4.85 Å². The van der Waals surface area contributed by atoms with Crippen LogP contribution in [0.2, 0.25) is 5.02 Å². The molecule has 1 aliphatic carbocycles. The Labute approximate surface area is 157 Å². The van der Waals surface area contributed by atoms with Gasteiger partial charge in [0.1, 0.15) is 5.75 Å². The van der Waals surface area contributed by atoms with E-state index in [2.05, 4.69) is 20.4 Å². The molecule has 6 nitrogen and oxygen atoms in total. The summed E-state index contributed by atoms with van der Waals surface area (Å²) in [6.07, 6.45) is 3.43. The predicted molar refractivity (Wildman–Crippen MR) is 98.6 cm³/mol. The number of amides is 1. The van der Waals surface area contributed by atoms with Crippen LogP contribution in [0.5, 0.6) is 5.75 Å². The summed E-state index contributed by atoms with van der Waals surface area (Å²) in [4.78, 5) is 15.5. The molecule has 0 aliphatic heterocycles. The summed E-state index contributed by atoms with van der Waals surface area (Å²) in [6.45, 7) is 8.85. The molecule has 2 aromatic rings. The van der Waals surface area contributed by atoms with Crippen molar-refractivity contribution in [3.05, 3.63) is 58.2 Å². The van der Waals surface area contributed by atoms with Gasteiger partial charge in [-0.1, -0.05) is 17.7 Å². The number of ether oxygens (including phenoxy) is 1. The molecule has 0 spiro atoms. The van der Waals surface area contributed by atoms with Crippen LogP contribution in [0.3, 0.4) is 0 Å². The highest BCUT2D eigenvalue weighted by molar-refractivity contribution is 6.33. The quantitative estimate of drug-likeness (QED) is 0.822. The Morgan fingerprint density at radius 3 is 2.62 bits per heavy atom. The second-order valence-electron chi connectivity index (χ2n) is 6.35. The molecule has 1 saturated carbocycles. The highest BCUT2D eigenvalue weighted by Gasteiger charge is 2.24. The SMILES string of the molecule is [C-]#[N+]c1ccc(OC2CCC(NC(=O)c3ccc(C)nn3)CC2)cc1Cl. The molecule has 0 atom stereocenters. The van der Waals surface area contributed by atoms with Crippen molar-refractivity contribution in [2.45, 2.75) is 44.8 Å². The normalized spacial score (nSPS) is 19.4. The fourth-order valence-corrected chi connectivity index (χ4v) is 3.16. The van der Waals surface area contributed by atoms with E-state index >= 15 is 0 Å². The average molecular weight is 371 g/mol. The summed E-state index contributed by atoms with van der Waals surface area (Å²) in [5, 5.41) is 11.2. The number of aromatic nitrogens is 2. The Kier molecular flexibility index (Phi) is 5.69. The highest BCUT2D eigenvalue weighted by atomic mass is 35.5. The largest absolute Gasteiger partial charge is 0.490 e. The Morgan fingerprint density at radius 2 is 2.00 bits per heavy atom. The van der Waals surface area contributed by atoms with E-state index < -0.39 is 0 Å². The molecule has 0 radical (unpaired) electrons. The molecule has 1 fully saturated rings. The minimum absolute atomic E-state index is 0.0807. The van der Waals surface area contributed by atoms with Gasteiger partial charge in [0, 0.05) is 6.04 Å². The Bertz CT molecular complexity index is 824. The summed E-state index contributed by atoms with van der Waals surface area (Å²) < 4.78 is 5.96. The van der Waals surface area contributed by atoms with E-state index in [1.165, 1.54) is 0 Å². The van der Waals surface area contributed by atoms with Crippen molar-refractivity contribution >= 4 is 23.2 Å². The molecule has 0 bridgehead atoms. The van der Waals surface area contributed by atoms with E-state index in [1.807, 2.05) is 6.92 Å². The average Bonchev–Trinajstić information content (AvgIpc) is 2.64. The molecule has 0 saturated heterocycles. The van der Waals surface area contributed by atoms with Crippen molar-refractivity contribution in [3.63, 3.8) is 0 Å². The van der Waals surface area contributed by atoms with Crippen LogP contribution in [0.1, 0.15) is 41.9 Å². The zero-order valence-corrected chi connectivity index (χ0v) is 15.2. The van der Waals surface area contributed by atoms with Gasteiger partial charge in [0.15, 0.2) is 5.69 Å². The number of halogens is 1. The van der Waals surface area contributed by atoms with Gasteiger partial charge in [0.05, 0.1) is 23.4 Å². The molecule has 7 heteroatoms. The molecule has 3 rings (SSSR count). The number of nitrogens with zero attached hydrogens (tertiary/aromatic N) is 3. The van der Waals surface area contributed by atoms with E-state index in [1.54, 1.807) is 30.3 Å². The van der Waals surface area contributed by atoms with Gasteiger partial charge in [0.2, 0.25) is 5.69 Å². The molecule has 1 aromatic carbocycles. The van der Waals surface area contributed by atoms with E-state index in [4.69, 9.17) is 22.9 Å². The van der Waals surface area contributed by atoms with E-state index in [0.717, 1.165) is 31.4 Å². The van der Waals surface area contributed by atoms with Crippen molar-refractivity contribution in [2.75, 3.05) is 0 Å². The van der Waals surface area contributed by atoms with Gasteiger partial charge in [-0.15, -0.1) is 5.10 Å². The zero-order chi connectivity index (χ0) is 18.5. The lowest BCUT2D eigenvalue weighted by Crippen LogP contribution is -2.40. The number of benzene rings is 1.